The van der Waals surface area contributed by atoms with Crippen LogP contribution in [0.4, 0.5) is 0 Å². The number of benzene rings is 1. The minimum Gasteiger partial charge on any atom is -0.478 e. The Bertz CT molecular complexity index is 815. The van der Waals surface area contributed by atoms with Gasteiger partial charge in [-0.15, -0.1) is 0 Å². The number of pyridine rings is 1. The van der Waals surface area contributed by atoms with Crippen molar-refractivity contribution in [1.29, 1.82) is 0 Å². The fourth-order valence-corrected chi connectivity index (χ4v) is 2.97. The van der Waals surface area contributed by atoms with E-state index in [9.17, 15) is 4.79 Å². The Balaban J connectivity index is 0.000000299. The van der Waals surface area contributed by atoms with Crippen molar-refractivity contribution >= 4 is 5.97 Å². The Morgan fingerprint density at radius 2 is 1.63 bits per heavy atom. The molecule has 1 fully saturated rings. The van der Waals surface area contributed by atoms with Gasteiger partial charge in [0.1, 0.15) is 5.69 Å². The molecule has 0 bridgehead atoms. The second kappa shape index (κ2) is 9.64. The predicted octanol–water partition coefficient (Wildman–Crippen LogP) is 3.43. The van der Waals surface area contributed by atoms with Crippen molar-refractivity contribution in [1.82, 2.24) is 19.4 Å². The van der Waals surface area contributed by atoms with Crippen molar-refractivity contribution in [3.05, 3.63) is 72.8 Å². The summed E-state index contributed by atoms with van der Waals surface area (Å²) in [4.78, 5) is 21.9. The maximum atomic E-state index is 11.0. The Morgan fingerprint density at radius 1 is 0.963 bits per heavy atom. The van der Waals surface area contributed by atoms with Crippen LogP contribution in [0.25, 0.3) is 11.4 Å². The van der Waals surface area contributed by atoms with Gasteiger partial charge in [0.2, 0.25) is 0 Å². The van der Waals surface area contributed by atoms with Crippen molar-refractivity contribution in [3.63, 3.8) is 0 Å². The van der Waals surface area contributed by atoms with Crippen LogP contribution in [-0.4, -0.2) is 50.1 Å². The molecule has 140 valence electrons. The number of imidazole rings is 1. The first-order chi connectivity index (χ1) is 13.2. The summed E-state index contributed by atoms with van der Waals surface area (Å²) in [5, 5.41) is 9.01. The molecule has 3 aromatic rings. The van der Waals surface area contributed by atoms with Crippen LogP contribution in [0.2, 0.25) is 0 Å². The highest BCUT2D eigenvalue weighted by Crippen LogP contribution is 2.16. The van der Waals surface area contributed by atoms with Crippen LogP contribution in [0.3, 0.4) is 0 Å². The van der Waals surface area contributed by atoms with E-state index < -0.39 is 5.97 Å². The van der Waals surface area contributed by atoms with E-state index in [1.165, 1.54) is 38.2 Å². The van der Waals surface area contributed by atoms with E-state index in [4.69, 9.17) is 5.11 Å². The maximum Gasteiger partial charge on any atom is 0.335 e. The molecule has 0 saturated carbocycles. The van der Waals surface area contributed by atoms with Gasteiger partial charge < -0.3 is 14.6 Å². The van der Waals surface area contributed by atoms with E-state index in [2.05, 4.69) is 14.9 Å². The molecule has 3 heterocycles. The van der Waals surface area contributed by atoms with Crippen molar-refractivity contribution < 1.29 is 9.90 Å². The quantitative estimate of drug-likeness (QED) is 0.751. The molecular weight excluding hydrogens is 340 g/mol. The van der Waals surface area contributed by atoms with Gasteiger partial charge in [-0.1, -0.05) is 36.4 Å². The summed E-state index contributed by atoms with van der Waals surface area (Å²) in [5.74, 6) is -0.952. The second-order valence-corrected chi connectivity index (χ2v) is 6.44. The maximum absolute atomic E-state index is 11.0. The third kappa shape index (κ3) is 5.76. The fourth-order valence-electron chi connectivity index (χ4n) is 2.97. The van der Waals surface area contributed by atoms with Crippen LogP contribution in [0.5, 0.6) is 0 Å². The minimum absolute atomic E-state index is 0.228. The molecule has 0 radical (unpaired) electrons. The summed E-state index contributed by atoms with van der Waals surface area (Å²) >= 11 is 0. The van der Waals surface area contributed by atoms with Crippen LogP contribution in [0, 0.1) is 0 Å². The number of aromatic nitrogens is 3. The van der Waals surface area contributed by atoms with Crippen LogP contribution in [-0.2, 0) is 6.54 Å². The van der Waals surface area contributed by atoms with Crippen LogP contribution >= 0.6 is 0 Å². The molecule has 27 heavy (non-hydrogen) atoms. The smallest absolute Gasteiger partial charge is 0.335 e. The Kier molecular flexibility index (Phi) is 6.71. The van der Waals surface area contributed by atoms with E-state index in [0.29, 0.717) is 11.4 Å². The monoisotopic (exact) mass is 364 g/mol. The number of nitrogens with zero attached hydrogens (tertiary/aromatic N) is 4. The summed E-state index contributed by atoms with van der Waals surface area (Å²) in [6, 6.07) is 15.0. The van der Waals surface area contributed by atoms with Crippen molar-refractivity contribution in [3.8, 4) is 11.4 Å². The standard InChI is InChI=1S/C15H18N4O2.C6H6/c20-15(21)12-3-4-16-13(9-12)14-10-19(11-17-14)8-7-18-5-1-2-6-18;1-2-4-6-5-3-1/h3-4,9-11H,1-2,5-8H2,(H,20,21);1-6H. The minimum atomic E-state index is -0.952. The molecule has 6 nitrogen and oxygen atoms in total. The van der Waals surface area contributed by atoms with Gasteiger partial charge in [-0.3, -0.25) is 4.98 Å². The lowest BCUT2D eigenvalue weighted by Gasteiger charge is -2.14. The van der Waals surface area contributed by atoms with E-state index in [1.807, 2.05) is 47.2 Å². The molecule has 0 amide bonds. The number of carbonyl (C=O) groups is 1. The number of rotatable bonds is 5. The van der Waals surface area contributed by atoms with Gasteiger partial charge in [0, 0.05) is 25.5 Å². The topological polar surface area (TPSA) is 71.2 Å². The van der Waals surface area contributed by atoms with E-state index in [1.54, 1.807) is 12.4 Å². The highest BCUT2D eigenvalue weighted by Gasteiger charge is 2.12. The Hall–Kier alpha value is -2.99. The molecule has 6 heteroatoms. The Morgan fingerprint density at radius 3 is 2.26 bits per heavy atom. The average molecular weight is 364 g/mol. The van der Waals surface area contributed by atoms with E-state index >= 15 is 0 Å². The lowest BCUT2D eigenvalue weighted by molar-refractivity contribution is 0.0697. The van der Waals surface area contributed by atoms with Gasteiger partial charge in [0.15, 0.2) is 0 Å². The molecule has 0 unspecified atom stereocenters. The summed E-state index contributed by atoms with van der Waals surface area (Å²) in [6.07, 6.45) is 7.79. The summed E-state index contributed by atoms with van der Waals surface area (Å²) in [7, 11) is 0. The van der Waals surface area contributed by atoms with E-state index in [0.717, 1.165) is 13.1 Å². The van der Waals surface area contributed by atoms with E-state index in [-0.39, 0.29) is 5.56 Å². The number of hydrogen-bond donors (Lipinski definition) is 1. The predicted molar refractivity (Wildman–Crippen MR) is 105 cm³/mol. The van der Waals surface area contributed by atoms with Crippen molar-refractivity contribution in [2.75, 3.05) is 19.6 Å². The molecule has 1 N–H and O–H groups in total. The number of carboxylic acids is 1. The number of carboxylic acid groups (broad SMARTS) is 1. The van der Waals surface area contributed by atoms with Gasteiger partial charge in [-0.2, -0.15) is 0 Å². The average Bonchev–Trinajstić information content (AvgIpc) is 3.40. The third-order valence-electron chi connectivity index (χ3n) is 4.44. The van der Waals surface area contributed by atoms with Crippen LogP contribution in [0.15, 0.2) is 67.3 Å². The van der Waals surface area contributed by atoms with Gasteiger partial charge in [0.05, 0.1) is 17.6 Å². The van der Waals surface area contributed by atoms with Gasteiger partial charge >= 0.3 is 5.97 Å². The zero-order chi connectivity index (χ0) is 18.9. The third-order valence-corrected chi connectivity index (χ3v) is 4.44. The first-order valence-corrected chi connectivity index (χ1v) is 9.16. The molecule has 0 atom stereocenters. The highest BCUT2D eigenvalue weighted by molar-refractivity contribution is 5.88. The summed E-state index contributed by atoms with van der Waals surface area (Å²) < 4.78 is 2.03. The first-order valence-electron chi connectivity index (χ1n) is 9.16. The number of likely N-dealkylation sites (tertiary alicyclic amines) is 1. The second-order valence-electron chi connectivity index (χ2n) is 6.44. The zero-order valence-corrected chi connectivity index (χ0v) is 15.2. The summed E-state index contributed by atoms with van der Waals surface area (Å²) in [6.45, 7) is 4.29. The fraction of sp³-hybridized carbons (Fsp3) is 0.286. The Labute approximate surface area is 159 Å². The van der Waals surface area contributed by atoms with Crippen molar-refractivity contribution in [2.24, 2.45) is 0 Å². The lowest BCUT2D eigenvalue weighted by Crippen LogP contribution is -2.23. The van der Waals surface area contributed by atoms with Gasteiger partial charge in [-0.05, 0) is 38.1 Å². The molecule has 1 aliphatic rings. The molecule has 2 aromatic heterocycles. The molecule has 1 aliphatic heterocycles. The number of hydrogen-bond acceptors (Lipinski definition) is 4. The van der Waals surface area contributed by atoms with Crippen molar-refractivity contribution in [2.45, 2.75) is 19.4 Å². The molecule has 0 spiro atoms. The molecule has 0 aliphatic carbocycles. The molecule has 1 aromatic carbocycles. The SMILES string of the molecule is O=C(O)c1ccnc(-c2cn(CCN3CCCC3)cn2)c1.c1ccccc1. The van der Waals surface area contributed by atoms with Crippen LogP contribution in [0.1, 0.15) is 23.2 Å². The largest absolute Gasteiger partial charge is 0.478 e. The molecule has 4 rings (SSSR count). The first kappa shape index (κ1) is 18.8. The highest BCUT2D eigenvalue weighted by atomic mass is 16.4. The van der Waals surface area contributed by atoms with Gasteiger partial charge in [-0.25, -0.2) is 9.78 Å². The van der Waals surface area contributed by atoms with Crippen LogP contribution < -0.4 is 0 Å². The van der Waals surface area contributed by atoms with Gasteiger partial charge in [0.25, 0.3) is 0 Å². The number of aromatic carboxylic acids is 1. The molecular formula is C21H24N4O2. The lowest BCUT2D eigenvalue weighted by atomic mass is 10.2. The molecule has 1 saturated heterocycles. The zero-order valence-electron chi connectivity index (χ0n) is 15.2. The normalized spacial score (nSPS) is 13.8. The summed E-state index contributed by atoms with van der Waals surface area (Å²) in [5.41, 5.74) is 1.53.